The Bertz CT molecular complexity index is 521. The van der Waals surface area contributed by atoms with Gasteiger partial charge in [-0.2, -0.15) is 0 Å². The Hall–Kier alpha value is -1.69. The van der Waals surface area contributed by atoms with Crippen LogP contribution in [0.25, 0.3) is 0 Å². The highest BCUT2D eigenvalue weighted by Crippen LogP contribution is 2.25. The van der Waals surface area contributed by atoms with Crippen molar-refractivity contribution in [3.05, 3.63) is 29.8 Å². The number of thioether (sulfide) groups is 1. The normalized spacial score (nSPS) is 18.1. The molecule has 1 atom stereocenters. The minimum Gasteiger partial charge on any atom is -0.480 e. The van der Waals surface area contributed by atoms with Crippen LogP contribution in [0.1, 0.15) is 12.5 Å². The Morgan fingerprint density at radius 2 is 2.25 bits per heavy atom. The number of aliphatic carboxylic acids is 1. The van der Waals surface area contributed by atoms with Crippen LogP contribution in [0.5, 0.6) is 0 Å². The Morgan fingerprint density at radius 1 is 1.50 bits per heavy atom. The van der Waals surface area contributed by atoms with Crippen LogP contribution in [-0.4, -0.2) is 46.2 Å². The van der Waals surface area contributed by atoms with Crippen molar-refractivity contribution in [3.8, 4) is 0 Å². The van der Waals surface area contributed by atoms with Gasteiger partial charge in [-0.15, -0.1) is 11.8 Å². The van der Waals surface area contributed by atoms with Crippen molar-refractivity contribution in [2.75, 3.05) is 23.1 Å². The molecule has 1 fully saturated rings. The summed E-state index contributed by atoms with van der Waals surface area (Å²) in [6.07, 6.45) is 0. The van der Waals surface area contributed by atoms with Gasteiger partial charge >= 0.3 is 12.0 Å². The van der Waals surface area contributed by atoms with E-state index in [1.54, 1.807) is 4.90 Å². The van der Waals surface area contributed by atoms with Gasteiger partial charge in [0.1, 0.15) is 6.04 Å². The van der Waals surface area contributed by atoms with Crippen molar-refractivity contribution in [1.29, 1.82) is 0 Å². The number of rotatable bonds is 3. The molecule has 1 aliphatic rings. The highest BCUT2D eigenvalue weighted by Gasteiger charge is 2.36. The third-order valence-electron chi connectivity index (χ3n) is 3.27. The van der Waals surface area contributed by atoms with Crippen molar-refractivity contribution in [1.82, 2.24) is 4.90 Å². The Balaban J connectivity index is 2.23. The van der Waals surface area contributed by atoms with Crippen molar-refractivity contribution in [3.63, 3.8) is 0 Å². The van der Waals surface area contributed by atoms with Crippen LogP contribution in [0.4, 0.5) is 10.5 Å². The van der Waals surface area contributed by atoms with Crippen LogP contribution in [0, 0.1) is 6.92 Å². The molecule has 1 saturated heterocycles. The molecule has 1 aliphatic heterocycles. The van der Waals surface area contributed by atoms with E-state index in [-0.39, 0.29) is 6.03 Å². The molecule has 0 bridgehead atoms. The van der Waals surface area contributed by atoms with Gasteiger partial charge in [-0.1, -0.05) is 12.1 Å². The fraction of sp³-hybridized carbons (Fsp3) is 0.429. The smallest absolute Gasteiger partial charge is 0.327 e. The zero-order chi connectivity index (χ0) is 14.7. The summed E-state index contributed by atoms with van der Waals surface area (Å²) < 4.78 is 0. The first-order chi connectivity index (χ1) is 9.54. The predicted molar refractivity (Wildman–Crippen MR) is 80.2 cm³/mol. The number of nitrogens with zero attached hydrogens (tertiary/aromatic N) is 2. The van der Waals surface area contributed by atoms with Crippen LogP contribution >= 0.6 is 11.8 Å². The average molecular weight is 294 g/mol. The molecule has 1 unspecified atom stereocenters. The molecule has 0 spiro atoms. The number of carboxylic acid groups (broad SMARTS) is 1. The minimum absolute atomic E-state index is 0.240. The summed E-state index contributed by atoms with van der Waals surface area (Å²) in [5.74, 6) is -0.0615. The van der Waals surface area contributed by atoms with Crippen LogP contribution in [-0.2, 0) is 4.79 Å². The quantitative estimate of drug-likeness (QED) is 0.930. The van der Waals surface area contributed by atoms with E-state index < -0.39 is 12.0 Å². The number of hydrogen-bond donors (Lipinski definition) is 1. The molecule has 108 valence electrons. The summed E-state index contributed by atoms with van der Waals surface area (Å²) in [7, 11) is 0. The SMILES string of the molecule is CCN(C(=O)N1CSCC1C(=O)O)c1cccc(C)c1. The summed E-state index contributed by atoms with van der Waals surface area (Å²) in [5, 5.41) is 9.18. The third-order valence-corrected chi connectivity index (χ3v) is 4.29. The molecule has 0 radical (unpaired) electrons. The number of hydrogen-bond acceptors (Lipinski definition) is 3. The molecule has 0 aliphatic carbocycles. The van der Waals surface area contributed by atoms with E-state index in [0.717, 1.165) is 11.3 Å². The van der Waals surface area contributed by atoms with E-state index in [1.165, 1.54) is 16.7 Å². The lowest BCUT2D eigenvalue weighted by molar-refractivity contribution is -0.140. The predicted octanol–water partition coefficient (Wildman–Crippen LogP) is 2.40. The number of carbonyl (C=O) groups excluding carboxylic acids is 1. The number of carbonyl (C=O) groups is 2. The Morgan fingerprint density at radius 3 is 2.85 bits per heavy atom. The lowest BCUT2D eigenvalue weighted by Gasteiger charge is -2.29. The molecule has 2 amide bonds. The molecule has 20 heavy (non-hydrogen) atoms. The van der Waals surface area contributed by atoms with Gasteiger partial charge in [0.25, 0.3) is 0 Å². The molecular weight excluding hydrogens is 276 g/mol. The fourth-order valence-corrected chi connectivity index (χ4v) is 3.35. The lowest BCUT2D eigenvalue weighted by Crippen LogP contribution is -2.49. The van der Waals surface area contributed by atoms with E-state index in [9.17, 15) is 14.7 Å². The third kappa shape index (κ3) is 2.90. The van der Waals surface area contributed by atoms with E-state index in [1.807, 2.05) is 38.1 Å². The first-order valence-electron chi connectivity index (χ1n) is 6.50. The van der Waals surface area contributed by atoms with E-state index in [4.69, 9.17) is 0 Å². The average Bonchev–Trinajstić information content (AvgIpc) is 2.89. The van der Waals surface area contributed by atoms with Gasteiger partial charge in [0, 0.05) is 18.0 Å². The second-order valence-electron chi connectivity index (χ2n) is 4.69. The molecular formula is C14H18N2O3S. The topological polar surface area (TPSA) is 60.9 Å². The maximum atomic E-state index is 12.6. The van der Waals surface area contributed by atoms with Crippen molar-refractivity contribution >= 4 is 29.4 Å². The number of aryl methyl sites for hydroxylation is 1. The van der Waals surface area contributed by atoms with Crippen LogP contribution < -0.4 is 4.90 Å². The maximum absolute atomic E-state index is 12.6. The summed E-state index contributed by atoms with van der Waals surface area (Å²) in [6, 6.07) is 6.69. The number of anilines is 1. The van der Waals surface area contributed by atoms with Crippen molar-refractivity contribution in [2.24, 2.45) is 0 Å². The van der Waals surface area contributed by atoms with Crippen LogP contribution in [0.15, 0.2) is 24.3 Å². The summed E-state index contributed by atoms with van der Waals surface area (Å²) in [6.45, 7) is 4.36. The van der Waals surface area contributed by atoms with E-state index in [2.05, 4.69) is 0 Å². The summed E-state index contributed by atoms with van der Waals surface area (Å²) in [4.78, 5) is 26.8. The van der Waals surface area contributed by atoms with Gasteiger partial charge in [-0.25, -0.2) is 9.59 Å². The van der Waals surface area contributed by atoms with Gasteiger partial charge in [0.05, 0.1) is 5.88 Å². The van der Waals surface area contributed by atoms with Gasteiger partial charge < -0.3 is 10.0 Å². The van der Waals surface area contributed by atoms with Crippen LogP contribution in [0.3, 0.4) is 0 Å². The Kier molecular flexibility index (Phi) is 4.54. The monoisotopic (exact) mass is 294 g/mol. The molecule has 0 saturated carbocycles. The minimum atomic E-state index is -0.941. The van der Waals surface area contributed by atoms with Crippen LogP contribution in [0.2, 0.25) is 0 Å². The number of amides is 2. The first-order valence-corrected chi connectivity index (χ1v) is 7.65. The zero-order valence-electron chi connectivity index (χ0n) is 11.6. The number of carboxylic acids is 1. The highest BCUT2D eigenvalue weighted by atomic mass is 32.2. The zero-order valence-corrected chi connectivity index (χ0v) is 12.4. The standard InChI is InChI=1S/C14H18N2O3S/c1-3-15(11-6-4-5-10(2)7-11)14(19)16-9-20-8-12(16)13(17)18/h4-7,12H,3,8-9H2,1-2H3,(H,17,18). The fourth-order valence-electron chi connectivity index (χ4n) is 2.21. The molecule has 0 aromatic heterocycles. The molecule has 1 aromatic rings. The highest BCUT2D eigenvalue weighted by molar-refractivity contribution is 7.99. The van der Waals surface area contributed by atoms with Gasteiger partial charge in [0.2, 0.25) is 0 Å². The lowest BCUT2D eigenvalue weighted by atomic mass is 10.2. The molecule has 1 heterocycles. The number of benzene rings is 1. The molecule has 5 nitrogen and oxygen atoms in total. The second-order valence-corrected chi connectivity index (χ2v) is 5.69. The molecule has 6 heteroatoms. The second kappa shape index (κ2) is 6.17. The molecule has 1 N–H and O–H groups in total. The molecule has 1 aromatic carbocycles. The van der Waals surface area contributed by atoms with Gasteiger partial charge in [0.15, 0.2) is 0 Å². The van der Waals surface area contributed by atoms with Crippen molar-refractivity contribution in [2.45, 2.75) is 19.9 Å². The van der Waals surface area contributed by atoms with Gasteiger partial charge in [-0.3, -0.25) is 4.90 Å². The van der Waals surface area contributed by atoms with Crippen molar-refractivity contribution < 1.29 is 14.7 Å². The van der Waals surface area contributed by atoms with E-state index in [0.29, 0.717) is 18.2 Å². The molecule has 2 rings (SSSR count). The first kappa shape index (κ1) is 14.7. The maximum Gasteiger partial charge on any atom is 0.327 e. The number of urea groups is 1. The summed E-state index contributed by atoms with van der Waals surface area (Å²) in [5.41, 5.74) is 1.87. The van der Waals surface area contributed by atoms with E-state index >= 15 is 0 Å². The largest absolute Gasteiger partial charge is 0.480 e. The van der Waals surface area contributed by atoms with Gasteiger partial charge in [-0.05, 0) is 31.5 Å². The summed E-state index contributed by atoms with van der Waals surface area (Å²) >= 11 is 1.47. The Labute approximate surface area is 122 Å².